The molecule has 1 aromatic carbocycles. The van der Waals surface area contributed by atoms with Crippen molar-refractivity contribution >= 4 is 23.3 Å². The molecule has 1 atom stereocenters. The standard InChI is InChI=1S/C23H30FN5S/c1-3-10-27-15-22(26)30-29-11-9-18-12-21(28-20-7-5-19(24)6-8-20)17(14-25)13-23(18,4-2)16-29/h4-8,12,14-15,27H,2-3,9-11,13,16,25-26H2,1H3/b17-14?,22-15+,28-21?. The van der Waals surface area contributed by atoms with Crippen LogP contribution in [0.5, 0.6) is 0 Å². The van der Waals surface area contributed by atoms with E-state index in [1.54, 1.807) is 30.3 Å². The lowest BCUT2D eigenvalue weighted by molar-refractivity contribution is 0.279. The van der Waals surface area contributed by atoms with Crippen molar-refractivity contribution in [2.45, 2.75) is 26.2 Å². The Balaban J connectivity index is 1.82. The lowest BCUT2D eigenvalue weighted by atomic mass is 9.67. The van der Waals surface area contributed by atoms with E-state index in [1.165, 1.54) is 17.7 Å². The summed E-state index contributed by atoms with van der Waals surface area (Å²) in [5.74, 6) is -0.274. The van der Waals surface area contributed by atoms with Gasteiger partial charge in [-0.1, -0.05) is 18.6 Å². The molecular formula is C23H30FN5S. The van der Waals surface area contributed by atoms with Gasteiger partial charge in [-0.25, -0.2) is 13.7 Å². The molecule has 1 saturated heterocycles. The van der Waals surface area contributed by atoms with Crippen LogP contribution in [-0.2, 0) is 0 Å². The third-order valence-corrected chi connectivity index (χ3v) is 6.31. The highest BCUT2D eigenvalue weighted by atomic mass is 32.2. The number of nitrogens with zero attached hydrogens (tertiary/aromatic N) is 2. The van der Waals surface area contributed by atoms with Crippen molar-refractivity contribution in [1.29, 1.82) is 0 Å². The van der Waals surface area contributed by atoms with Gasteiger partial charge in [0, 0.05) is 31.2 Å². The Hall–Kier alpha value is -2.51. The Morgan fingerprint density at radius 1 is 1.40 bits per heavy atom. The van der Waals surface area contributed by atoms with E-state index in [4.69, 9.17) is 16.5 Å². The first-order valence-corrected chi connectivity index (χ1v) is 11.0. The van der Waals surface area contributed by atoms with E-state index < -0.39 is 0 Å². The van der Waals surface area contributed by atoms with Crippen molar-refractivity contribution in [2.24, 2.45) is 21.9 Å². The average Bonchev–Trinajstić information content (AvgIpc) is 2.75. The maximum absolute atomic E-state index is 13.2. The van der Waals surface area contributed by atoms with E-state index in [1.807, 2.05) is 12.3 Å². The average molecular weight is 428 g/mol. The molecule has 0 amide bonds. The van der Waals surface area contributed by atoms with Gasteiger partial charge in [0.15, 0.2) is 0 Å². The smallest absolute Gasteiger partial charge is 0.123 e. The molecule has 0 spiro atoms. The maximum atomic E-state index is 13.2. The summed E-state index contributed by atoms with van der Waals surface area (Å²) in [5, 5.41) is 3.97. The van der Waals surface area contributed by atoms with E-state index in [0.29, 0.717) is 5.69 Å². The van der Waals surface area contributed by atoms with Crippen LogP contribution < -0.4 is 16.8 Å². The summed E-state index contributed by atoms with van der Waals surface area (Å²) in [7, 11) is 0. The lowest BCUT2D eigenvalue weighted by Gasteiger charge is -2.45. The van der Waals surface area contributed by atoms with Crippen molar-refractivity contribution < 1.29 is 4.39 Å². The highest BCUT2D eigenvalue weighted by Crippen LogP contribution is 2.47. The first-order valence-electron chi connectivity index (χ1n) is 10.2. The Bertz CT molecular complexity index is 887. The van der Waals surface area contributed by atoms with Gasteiger partial charge in [0.2, 0.25) is 0 Å². The third-order valence-electron chi connectivity index (χ3n) is 5.42. The molecule has 1 aromatic rings. The first-order chi connectivity index (χ1) is 14.5. The van der Waals surface area contributed by atoms with E-state index in [2.05, 4.69) is 29.2 Å². The van der Waals surface area contributed by atoms with E-state index in [0.717, 1.165) is 55.2 Å². The van der Waals surface area contributed by atoms with Crippen LogP contribution in [0.15, 0.2) is 76.6 Å². The number of nitrogens with two attached hydrogens (primary N) is 2. The molecule has 2 aliphatic rings. The normalized spacial score (nSPS) is 25.1. The molecule has 160 valence electrons. The molecule has 0 radical (unpaired) electrons. The summed E-state index contributed by atoms with van der Waals surface area (Å²) >= 11 is 1.57. The summed E-state index contributed by atoms with van der Waals surface area (Å²) in [4.78, 5) is 4.71. The molecule has 5 nitrogen and oxygen atoms in total. The molecule has 1 aliphatic heterocycles. The van der Waals surface area contributed by atoms with Gasteiger partial charge >= 0.3 is 0 Å². The number of rotatable bonds is 7. The lowest BCUT2D eigenvalue weighted by Crippen LogP contribution is -2.43. The van der Waals surface area contributed by atoms with Gasteiger partial charge in [0.1, 0.15) is 5.82 Å². The zero-order valence-electron chi connectivity index (χ0n) is 17.4. The van der Waals surface area contributed by atoms with Crippen LogP contribution in [0.1, 0.15) is 26.2 Å². The second kappa shape index (κ2) is 10.00. The number of aliphatic imine (C=N–C) groups is 1. The highest BCUT2D eigenvalue weighted by Gasteiger charge is 2.41. The van der Waals surface area contributed by atoms with Crippen molar-refractivity contribution in [2.75, 3.05) is 19.6 Å². The van der Waals surface area contributed by atoms with Crippen LogP contribution in [0.2, 0.25) is 0 Å². The van der Waals surface area contributed by atoms with Crippen LogP contribution in [0, 0.1) is 11.2 Å². The summed E-state index contributed by atoms with van der Waals surface area (Å²) in [6.45, 7) is 8.86. The summed E-state index contributed by atoms with van der Waals surface area (Å²) in [5.41, 5.74) is 15.7. The fourth-order valence-corrected chi connectivity index (χ4v) is 4.72. The van der Waals surface area contributed by atoms with Crippen molar-refractivity contribution in [1.82, 2.24) is 9.62 Å². The molecule has 0 saturated carbocycles. The predicted octanol–water partition coefficient (Wildman–Crippen LogP) is 4.35. The fraction of sp³-hybridized carbons (Fsp3) is 0.348. The number of piperidine rings is 1. The second-order valence-corrected chi connectivity index (χ2v) is 8.75. The zero-order chi connectivity index (χ0) is 21.6. The number of hydrogen-bond acceptors (Lipinski definition) is 6. The monoisotopic (exact) mass is 427 g/mol. The molecule has 0 aromatic heterocycles. The van der Waals surface area contributed by atoms with Crippen molar-refractivity contribution in [3.63, 3.8) is 0 Å². The molecule has 1 aliphatic carbocycles. The SMILES string of the molecule is C=CC12CC(=CN)C(=Nc3ccc(F)cc3)C=C1CCN(S/C(N)=C/NCCC)C2. The Morgan fingerprint density at radius 3 is 2.83 bits per heavy atom. The molecule has 3 rings (SSSR count). The summed E-state index contributed by atoms with van der Waals surface area (Å²) in [6.07, 6.45) is 10.3. The second-order valence-electron chi connectivity index (χ2n) is 7.58. The summed E-state index contributed by atoms with van der Waals surface area (Å²) < 4.78 is 15.5. The van der Waals surface area contributed by atoms with E-state index >= 15 is 0 Å². The van der Waals surface area contributed by atoms with Crippen LogP contribution in [-0.4, -0.2) is 29.7 Å². The van der Waals surface area contributed by atoms with Crippen molar-refractivity contribution in [3.8, 4) is 0 Å². The molecule has 30 heavy (non-hydrogen) atoms. The van der Waals surface area contributed by atoms with Gasteiger partial charge in [-0.05, 0) is 73.3 Å². The Morgan fingerprint density at radius 2 is 2.17 bits per heavy atom. The Kier molecular flexibility index (Phi) is 7.39. The van der Waals surface area contributed by atoms with Gasteiger partial charge in [0.25, 0.3) is 0 Å². The van der Waals surface area contributed by atoms with Crippen LogP contribution in [0.3, 0.4) is 0 Å². The van der Waals surface area contributed by atoms with E-state index in [-0.39, 0.29) is 11.2 Å². The van der Waals surface area contributed by atoms with Crippen LogP contribution in [0.25, 0.3) is 0 Å². The minimum Gasteiger partial charge on any atom is -0.404 e. The van der Waals surface area contributed by atoms with Crippen molar-refractivity contribution in [3.05, 3.63) is 77.4 Å². The quantitative estimate of drug-likeness (QED) is 0.342. The molecular weight excluding hydrogens is 397 g/mol. The maximum Gasteiger partial charge on any atom is 0.123 e. The number of nitrogens with one attached hydrogen (secondary N) is 1. The predicted molar refractivity (Wildman–Crippen MR) is 125 cm³/mol. The fourth-order valence-electron chi connectivity index (χ4n) is 3.80. The van der Waals surface area contributed by atoms with Gasteiger partial charge in [0.05, 0.1) is 16.4 Å². The summed E-state index contributed by atoms with van der Waals surface area (Å²) in [6, 6.07) is 6.17. The highest BCUT2D eigenvalue weighted by molar-refractivity contribution is 8.00. The van der Waals surface area contributed by atoms with Crippen LogP contribution >= 0.6 is 11.9 Å². The van der Waals surface area contributed by atoms with Gasteiger partial charge in [-0.15, -0.1) is 6.58 Å². The number of hydrogen-bond donors (Lipinski definition) is 3. The van der Waals surface area contributed by atoms with Gasteiger partial charge in [-0.2, -0.15) is 0 Å². The first kappa shape index (κ1) is 22.2. The molecule has 5 N–H and O–H groups in total. The molecule has 1 unspecified atom stereocenters. The topological polar surface area (TPSA) is 79.7 Å². The minimum atomic E-state index is -0.274. The largest absolute Gasteiger partial charge is 0.404 e. The van der Waals surface area contributed by atoms with Crippen LogP contribution in [0.4, 0.5) is 10.1 Å². The molecule has 1 fully saturated rings. The molecule has 7 heteroatoms. The zero-order valence-corrected chi connectivity index (χ0v) is 18.2. The van der Waals surface area contributed by atoms with Gasteiger partial charge in [-0.3, -0.25) is 0 Å². The third kappa shape index (κ3) is 5.15. The number of allylic oxidation sites excluding steroid dienone is 2. The Labute approximate surface area is 182 Å². The number of benzene rings is 1. The van der Waals surface area contributed by atoms with Gasteiger partial charge < -0.3 is 16.8 Å². The minimum absolute atomic E-state index is 0.199. The number of fused-ring (bicyclic) bond motifs is 1. The molecule has 0 bridgehead atoms. The number of halogens is 1. The molecule has 1 heterocycles. The van der Waals surface area contributed by atoms with E-state index in [9.17, 15) is 4.39 Å².